The molecule has 0 spiro atoms. The Morgan fingerprint density at radius 1 is 1.25 bits per heavy atom. The third kappa shape index (κ3) is 1.18. The molecule has 0 saturated heterocycles. The summed E-state index contributed by atoms with van der Waals surface area (Å²) in [6, 6.07) is 0. The predicted molar refractivity (Wildman–Crippen MR) is 52.9 cm³/mol. The Balaban J connectivity index is 2.47. The van der Waals surface area contributed by atoms with Gasteiger partial charge < -0.3 is 0 Å². The Morgan fingerprint density at radius 3 is 2.58 bits per heavy atom. The van der Waals surface area contributed by atoms with Gasteiger partial charge in [-0.05, 0) is 31.6 Å². The molecule has 1 aromatic heterocycles. The maximum absolute atomic E-state index is 4.60. The standard InChI is InChI=1S/C10H15NS/c1-6-4-5-7(2)10-9(6)11-8(3)12-10/h6-7H,4-5H2,1-3H3. The van der Waals surface area contributed by atoms with Crippen molar-refractivity contribution in [1.29, 1.82) is 0 Å². The van der Waals surface area contributed by atoms with Crippen molar-refractivity contribution in [3.63, 3.8) is 0 Å². The van der Waals surface area contributed by atoms with Crippen molar-refractivity contribution in [2.24, 2.45) is 0 Å². The number of aryl methyl sites for hydroxylation is 1. The molecule has 2 heteroatoms. The van der Waals surface area contributed by atoms with E-state index in [0.717, 1.165) is 5.92 Å². The van der Waals surface area contributed by atoms with Crippen LogP contribution < -0.4 is 0 Å². The van der Waals surface area contributed by atoms with E-state index in [0.29, 0.717) is 5.92 Å². The zero-order chi connectivity index (χ0) is 8.72. The highest BCUT2D eigenvalue weighted by Gasteiger charge is 2.25. The zero-order valence-corrected chi connectivity index (χ0v) is 8.74. The molecule has 0 bridgehead atoms. The fraction of sp³-hybridized carbons (Fsp3) is 0.700. The minimum absolute atomic E-state index is 0.696. The molecule has 1 aliphatic rings. The van der Waals surface area contributed by atoms with E-state index in [-0.39, 0.29) is 0 Å². The lowest BCUT2D eigenvalue weighted by molar-refractivity contribution is 0.525. The molecule has 0 radical (unpaired) electrons. The number of thiazole rings is 1. The second kappa shape index (κ2) is 2.84. The Labute approximate surface area is 77.8 Å². The molecule has 1 aromatic rings. The lowest BCUT2D eigenvalue weighted by atomic mass is 9.86. The monoisotopic (exact) mass is 181 g/mol. The maximum Gasteiger partial charge on any atom is 0.0900 e. The average Bonchev–Trinajstić information content (AvgIpc) is 2.41. The predicted octanol–water partition coefficient (Wildman–Crippen LogP) is 3.45. The smallest absolute Gasteiger partial charge is 0.0900 e. The molecule has 1 aliphatic carbocycles. The quantitative estimate of drug-likeness (QED) is 0.597. The van der Waals surface area contributed by atoms with Crippen LogP contribution in [0.1, 0.15) is 54.1 Å². The van der Waals surface area contributed by atoms with Crippen LogP contribution in [-0.4, -0.2) is 4.98 Å². The summed E-state index contributed by atoms with van der Waals surface area (Å²) in [5, 5.41) is 1.24. The van der Waals surface area contributed by atoms with E-state index in [1.807, 2.05) is 11.3 Å². The molecule has 0 fully saturated rings. The van der Waals surface area contributed by atoms with Crippen molar-refractivity contribution in [1.82, 2.24) is 4.98 Å². The zero-order valence-electron chi connectivity index (χ0n) is 7.92. The number of nitrogens with zero attached hydrogens (tertiary/aromatic N) is 1. The number of aromatic nitrogens is 1. The summed E-state index contributed by atoms with van der Waals surface area (Å²) in [6.45, 7) is 6.73. The van der Waals surface area contributed by atoms with Crippen molar-refractivity contribution in [3.8, 4) is 0 Å². The molecule has 2 atom stereocenters. The Morgan fingerprint density at radius 2 is 1.92 bits per heavy atom. The first-order chi connectivity index (χ1) is 5.68. The van der Waals surface area contributed by atoms with E-state index in [1.165, 1.54) is 23.5 Å². The second-order valence-electron chi connectivity index (χ2n) is 3.86. The van der Waals surface area contributed by atoms with Gasteiger partial charge in [0.25, 0.3) is 0 Å². The first kappa shape index (κ1) is 8.24. The van der Waals surface area contributed by atoms with Crippen LogP contribution in [0.15, 0.2) is 0 Å². The molecule has 0 saturated carbocycles. The largest absolute Gasteiger partial charge is 0.246 e. The molecular formula is C10H15NS. The van der Waals surface area contributed by atoms with Crippen molar-refractivity contribution < 1.29 is 0 Å². The Bertz CT molecular complexity index is 263. The fourth-order valence-electron chi connectivity index (χ4n) is 1.93. The summed E-state index contributed by atoms with van der Waals surface area (Å²) in [5.41, 5.74) is 1.39. The Kier molecular flexibility index (Phi) is 1.95. The van der Waals surface area contributed by atoms with Gasteiger partial charge in [0.1, 0.15) is 0 Å². The van der Waals surface area contributed by atoms with Crippen molar-refractivity contribution in [3.05, 3.63) is 15.6 Å². The first-order valence-corrected chi connectivity index (χ1v) is 5.47. The number of hydrogen-bond donors (Lipinski definition) is 0. The molecule has 66 valence electrons. The average molecular weight is 181 g/mol. The van der Waals surface area contributed by atoms with E-state index in [4.69, 9.17) is 0 Å². The van der Waals surface area contributed by atoms with Crippen LogP contribution in [0.25, 0.3) is 0 Å². The van der Waals surface area contributed by atoms with Crippen LogP contribution in [0.4, 0.5) is 0 Å². The van der Waals surface area contributed by atoms with Crippen LogP contribution in [-0.2, 0) is 0 Å². The number of fused-ring (bicyclic) bond motifs is 1. The van der Waals surface area contributed by atoms with Gasteiger partial charge >= 0.3 is 0 Å². The molecule has 12 heavy (non-hydrogen) atoms. The van der Waals surface area contributed by atoms with Gasteiger partial charge in [0.2, 0.25) is 0 Å². The molecule has 2 unspecified atom stereocenters. The SMILES string of the molecule is Cc1nc2c(s1)C(C)CCC2C. The fourth-order valence-corrected chi connectivity index (χ4v) is 3.07. The lowest BCUT2D eigenvalue weighted by Crippen LogP contribution is -2.08. The molecule has 2 rings (SSSR count). The normalized spacial score (nSPS) is 28.6. The summed E-state index contributed by atoms with van der Waals surface area (Å²) in [5.74, 6) is 1.45. The minimum Gasteiger partial charge on any atom is -0.246 e. The molecule has 0 N–H and O–H groups in total. The molecular weight excluding hydrogens is 166 g/mol. The van der Waals surface area contributed by atoms with Gasteiger partial charge in [-0.2, -0.15) is 0 Å². The van der Waals surface area contributed by atoms with Gasteiger partial charge in [0.05, 0.1) is 10.7 Å². The van der Waals surface area contributed by atoms with E-state index in [2.05, 4.69) is 25.8 Å². The molecule has 1 nitrogen and oxygen atoms in total. The van der Waals surface area contributed by atoms with E-state index in [9.17, 15) is 0 Å². The molecule has 0 aromatic carbocycles. The number of rotatable bonds is 0. The van der Waals surface area contributed by atoms with Gasteiger partial charge in [0.15, 0.2) is 0 Å². The molecule has 1 heterocycles. The summed E-state index contributed by atoms with van der Waals surface area (Å²) >= 11 is 1.89. The van der Waals surface area contributed by atoms with Crippen molar-refractivity contribution in [2.75, 3.05) is 0 Å². The topological polar surface area (TPSA) is 12.9 Å². The van der Waals surface area contributed by atoms with Crippen LogP contribution in [0, 0.1) is 6.92 Å². The van der Waals surface area contributed by atoms with Crippen LogP contribution in [0.3, 0.4) is 0 Å². The van der Waals surface area contributed by atoms with Crippen LogP contribution in [0.2, 0.25) is 0 Å². The van der Waals surface area contributed by atoms with Gasteiger partial charge in [0, 0.05) is 4.88 Å². The summed E-state index contributed by atoms with van der Waals surface area (Å²) in [7, 11) is 0. The first-order valence-electron chi connectivity index (χ1n) is 4.65. The van der Waals surface area contributed by atoms with E-state index in [1.54, 1.807) is 4.88 Å². The third-order valence-electron chi connectivity index (χ3n) is 2.74. The molecule has 0 aliphatic heterocycles. The van der Waals surface area contributed by atoms with Crippen molar-refractivity contribution >= 4 is 11.3 Å². The highest BCUT2D eigenvalue weighted by atomic mass is 32.1. The van der Waals surface area contributed by atoms with E-state index < -0.39 is 0 Å². The van der Waals surface area contributed by atoms with E-state index >= 15 is 0 Å². The number of hydrogen-bond acceptors (Lipinski definition) is 2. The highest BCUT2D eigenvalue weighted by Crippen LogP contribution is 2.40. The summed E-state index contributed by atoms with van der Waals surface area (Å²) in [4.78, 5) is 6.15. The highest BCUT2D eigenvalue weighted by molar-refractivity contribution is 7.11. The summed E-state index contributed by atoms with van der Waals surface area (Å²) < 4.78 is 0. The summed E-state index contributed by atoms with van der Waals surface area (Å²) in [6.07, 6.45) is 2.66. The second-order valence-corrected chi connectivity index (χ2v) is 5.10. The van der Waals surface area contributed by atoms with Gasteiger partial charge in [-0.15, -0.1) is 11.3 Å². The third-order valence-corrected chi connectivity index (χ3v) is 3.95. The minimum atomic E-state index is 0.696. The van der Waals surface area contributed by atoms with Gasteiger partial charge in [-0.1, -0.05) is 13.8 Å². The van der Waals surface area contributed by atoms with Gasteiger partial charge in [-0.3, -0.25) is 0 Å². The van der Waals surface area contributed by atoms with Gasteiger partial charge in [-0.25, -0.2) is 4.98 Å². The maximum atomic E-state index is 4.60. The van der Waals surface area contributed by atoms with Crippen molar-refractivity contribution in [2.45, 2.75) is 45.4 Å². The lowest BCUT2D eigenvalue weighted by Gasteiger charge is -2.22. The van der Waals surface area contributed by atoms with Crippen LogP contribution in [0.5, 0.6) is 0 Å². The Hall–Kier alpha value is -0.370. The molecule has 0 amide bonds. The van der Waals surface area contributed by atoms with Crippen LogP contribution >= 0.6 is 11.3 Å².